The molecule has 162 valence electrons. The SMILES string of the molecule is CCCc1c(OCCCS(=O)(=O)c2ccc(CC(=O)O)cn2)ccc(C(C)=O)c1O. The number of aliphatic carboxylic acids is 1. The third-order valence-electron chi connectivity index (χ3n) is 4.41. The first-order valence-electron chi connectivity index (χ1n) is 9.53. The largest absolute Gasteiger partial charge is 0.507 e. The van der Waals surface area contributed by atoms with Gasteiger partial charge in [0.05, 0.1) is 24.3 Å². The molecular formula is C21H25NO7S. The van der Waals surface area contributed by atoms with Crippen molar-refractivity contribution in [3.63, 3.8) is 0 Å². The van der Waals surface area contributed by atoms with Gasteiger partial charge in [-0.05, 0) is 43.5 Å². The number of Topliss-reactive ketones (excluding diaryl/α,β-unsaturated/α-hetero) is 1. The summed E-state index contributed by atoms with van der Waals surface area (Å²) in [5.74, 6) is -1.13. The van der Waals surface area contributed by atoms with Crippen LogP contribution in [0.4, 0.5) is 0 Å². The van der Waals surface area contributed by atoms with Crippen LogP contribution in [0, 0.1) is 0 Å². The van der Waals surface area contributed by atoms with Gasteiger partial charge in [-0.25, -0.2) is 13.4 Å². The van der Waals surface area contributed by atoms with E-state index in [0.717, 1.165) is 6.42 Å². The maximum Gasteiger partial charge on any atom is 0.307 e. The van der Waals surface area contributed by atoms with Crippen molar-refractivity contribution in [2.75, 3.05) is 12.4 Å². The molecule has 0 bridgehead atoms. The molecular weight excluding hydrogens is 410 g/mol. The summed E-state index contributed by atoms with van der Waals surface area (Å²) in [6.07, 6.45) is 2.47. The minimum Gasteiger partial charge on any atom is -0.507 e. The fourth-order valence-electron chi connectivity index (χ4n) is 2.94. The van der Waals surface area contributed by atoms with E-state index < -0.39 is 15.8 Å². The number of carboxylic acid groups (broad SMARTS) is 1. The number of nitrogens with zero attached hydrogens (tertiary/aromatic N) is 1. The van der Waals surface area contributed by atoms with E-state index >= 15 is 0 Å². The van der Waals surface area contributed by atoms with Crippen LogP contribution in [0.2, 0.25) is 0 Å². The number of pyridine rings is 1. The summed E-state index contributed by atoms with van der Waals surface area (Å²) >= 11 is 0. The number of hydrogen-bond acceptors (Lipinski definition) is 7. The van der Waals surface area contributed by atoms with Crippen molar-refractivity contribution in [1.29, 1.82) is 0 Å². The summed E-state index contributed by atoms with van der Waals surface area (Å²) in [6, 6.07) is 5.83. The fraction of sp³-hybridized carbons (Fsp3) is 0.381. The number of carbonyl (C=O) groups excluding carboxylic acids is 1. The van der Waals surface area contributed by atoms with E-state index in [9.17, 15) is 23.1 Å². The Morgan fingerprint density at radius 3 is 2.47 bits per heavy atom. The number of rotatable bonds is 11. The quantitative estimate of drug-likeness (QED) is 0.407. The normalized spacial score (nSPS) is 11.3. The van der Waals surface area contributed by atoms with Crippen molar-refractivity contribution in [2.45, 2.75) is 44.6 Å². The van der Waals surface area contributed by atoms with Gasteiger partial charge in [-0.3, -0.25) is 9.59 Å². The Balaban J connectivity index is 2.01. The number of sulfone groups is 1. The molecule has 1 aromatic carbocycles. The average Bonchev–Trinajstić information content (AvgIpc) is 2.67. The molecule has 2 rings (SSSR count). The Labute approximate surface area is 175 Å². The van der Waals surface area contributed by atoms with Crippen molar-refractivity contribution in [3.8, 4) is 11.5 Å². The summed E-state index contributed by atoms with van der Waals surface area (Å²) in [6.45, 7) is 3.41. The van der Waals surface area contributed by atoms with E-state index in [2.05, 4.69) is 4.98 Å². The smallest absolute Gasteiger partial charge is 0.307 e. The zero-order chi connectivity index (χ0) is 22.3. The maximum atomic E-state index is 12.4. The number of aromatic nitrogens is 1. The Morgan fingerprint density at radius 2 is 1.90 bits per heavy atom. The molecule has 1 heterocycles. The number of phenols is 1. The predicted molar refractivity (Wildman–Crippen MR) is 110 cm³/mol. The molecule has 0 fully saturated rings. The Morgan fingerprint density at radius 1 is 1.17 bits per heavy atom. The molecule has 0 spiro atoms. The molecule has 2 aromatic rings. The molecule has 0 radical (unpaired) electrons. The Bertz CT molecular complexity index is 1010. The molecule has 0 aliphatic carbocycles. The van der Waals surface area contributed by atoms with E-state index in [4.69, 9.17) is 9.84 Å². The van der Waals surface area contributed by atoms with Crippen LogP contribution in [-0.4, -0.2) is 47.7 Å². The lowest BCUT2D eigenvalue weighted by Gasteiger charge is -2.14. The van der Waals surface area contributed by atoms with Crippen LogP contribution >= 0.6 is 0 Å². The van der Waals surface area contributed by atoms with Crippen molar-refractivity contribution in [1.82, 2.24) is 4.98 Å². The second kappa shape index (κ2) is 10.2. The molecule has 0 aliphatic heterocycles. The van der Waals surface area contributed by atoms with Crippen LogP contribution < -0.4 is 4.74 Å². The van der Waals surface area contributed by atoms with Crippen LogP contribution in [-0.2, 0) is 27.5 Å². The lowest BCUT2D eigenvalue weighted by atomic mass is 10.0. The van der Waals surface area contributed by atoms with Crippen LogP contribution in [0.15, 0.2) is 35.5 Å². The van der Waals surface area contributed by atoms with Crippen molar-refractivity contribution in [3.05, 3.63) is 47.2 Å². The molecule has 0 aliphatic rings. The van der Waals surface area contributed by atoms with Crippen LogP contribution in [0.25, 0.3) is 0 Å². The standard InChI is InChI=1S/C21H25NO7S/c1-3-5-17-18(8-7-16(14(2)23)21(17)26)29-10-4-11-30(27,28)19-9-6-15(13-22-19)12-20(24)25/h6-9,13,26H,3-5,10-12H2,1-2H3,(H,24,25). The van der Waals surface area contributed by atoms with Gasteiger partial charge in [-0.2, -0.15) is 0 Å². The van der Waals surface area contributed by atoms with E-state index in [1.807, 2.05) is 6.92 Å². The highest BCUT2D eigenvalue weighted by Gasteiger charge is 2.18. The van der Waals surface area contributed by atoms with Gasteiger partial charge in [0.1, 0.15) is 11.5 Å². The average molecular weight is 435 g/mol. The minimum absolute atomic E-state index is 0.0971. The van der Waals surface area contributed by atoms with E-state index in [1.165, 1.54) is 31.3 Å². The molecule has 1 aromatic heterocycles. The highest BCUT2D eigenvalue weighted by molar-refractivity contribution is 7.91. The Hall–Kier alpha value is -2.94. The third-order valence-corrected chi connectivity index (χ3v) is 6.11. The molecule has 0 amide bonds. The summed E-state index contributed by atoms with van der Waals surface area (Å²) in [5, 5.41) is 19.0. The first-order valence-corrected chi connectivity index (χ1v) is 11.2. The van der Waals surface area contributed by atoms with Gasteiger partial charge in [0.15, 0.2) is 20.6 Å². The van der Waals surface area contributed by atoms with Gasteiger partial charge in [-0.15, -0.1) is 0 Å². The number of hydrogen-bond donors (Lipinski definition) is 2. The third kappa shape index (κ3) is 6.03. The predicted octanol–water partition coefficient (Wildman–Crippen LogP) is 2.81. The van der Waals surface area contributed by atoms with Gasteiger partial charge in [0.25, 0.3) is 0 Å². The number of aromatic hydroxyl groups is 1. The topological polar surface area (TPSA) is 131 Å². The van der Waals surface area contributed by atoms with Crippen LogP contribution in [0.5, 0.6) is 11.5 Å². The van der Waals surface area contributed by atoms with Crippen LogP contribution in [0.1, 0.15) is 48.2 Å². The second-order valence-corrected chi connectivity index (χ2v) is 8.90. The zero-order valence-corrected chi connectivity index (χ0v) is 17.7. The van der Waals surface area contributed by atoms with E-state index in [0.29, 0.717) is 23.3 Å². The number of benzene rings is 1. The maximum absolute atomic E-state index is 12.4. The lowest BCUT2D eigenvalue weighted by molar-refractivity contribution is -0.136. The molecule has 0 atom stereocenters. The van der Waals surface area contributed by atoms with Crippen molar-refractivity contribution < 1.29 is 33.0 Å². The van der Waals surface area contributed by atoms with Gasteiger partial charge in [0, 0.05) is 11.8 Å². The van der Waals surface area contributed by atoms with Crippen LogP contribution in [0.3, 0.4) is 0 Å². The summed E-state index contributed by atoms with van der Waals surface area (Å²) in [7, 11) is -3.64. The van der Waals surface area contributed by atoms with Gasteiger partial charge < -0.3 is 14.9 Å². The molecule has 9 heteroatoms. The highest BCUT2D eigenvalue weighted by atomic mass is 32.2. The van der Waals surface area contributed by atoms with E-state index in [1.54, 1.807) is 6.07 Å². The molecule has 8 nitrogen and oxygen atoms in total. The number of ketones is 1. The van der Waals surface area contributed by atoms with Crippen molar-refractivity contribution >= 4 is 21.6 Å². The minimum atomic E-state index is -3.64. The fourth-order valence-corrected chi connectivity index (χ4v) is 4.13. The summed E-state index contributed by atoms with van der Waals surface area (Å²) in [5.41, 5.74) is 1.18. The van der Waals surface area contributed by atoms with Crippen molar-refractivity contribution in [2.24, 2.45) is 0 Å². The van der Waals surface area contributed by atoms with Gasteiger partial charge >= 0.3 is 5.97 Å². The first-order chi connectivity index (χ1) is 14.2. The highest BCUT2D eigenvalue weighted by Crippen LogP contribution is 2.33. The molecule has 0 saturated heterocycles. The molecule has 2 N–H and O–H groups in total. The zero-order valence-electron chi connectivity index (χ0n) is 16.9. The molecule has 30 heavy (non-hydrogen) atoms. The lowest BCUT2D eigenvalue weighted by Crippen LogP contribution is -2.13. The summed E-state index contributed by atoms with van der Waals surface area (Å²) in [4.78, 5) is 26.2. The number of ether oxygens (including phenoxy) is 1. The molecule has 0 saturated carbocycles. The summed E-state index contributed by atoms with van der Waals surface area (Å²) < 4.78 is 30.5. The van der Waals surface area contributed by atoms with Gasteiger partial charge in [-0.1, -0.05) is 19.4 Å². The second-order valence-electron chi connectivity index (χ2n) is 6.84. The number of phenolic OH excluding ortho intramolecular Hbond substituents is 1. The number of carbonyl (C=O) groups is 2. The monoisotopic (exact) mass is 435 g/mol. The number of carboxylic acids is 1. The first kappa shape index (κ1) is 23.3. The van der Waals surface area contributed by atoms with Gasteiger partial charge in [0.2, 0.25) is 0 Å². The Kier molecular flexibility index (Phi) is 7.93. The molecule has 0 unspecified atom stereocenters. The van der Waals surface area contributed by atoms with E-state index in [-0.39, 0.29) is 47.3 Å².